The van der Waals surface area contributed by atoms with Crippen molar-refractivity contribution in [2.24, 2.45) is 0 Å². The molecule has 3 rings (SSSR count). The number of fused-ring (bicyclic) bond motifs is 1. The second kappa shape index (κ2) is 9.59. The molecule has 8 nitrogen and oxygen atoms in total. The van der Waals surface area contributed by atoms with Gasteiger partial charge in [-0.15, -0.1) is 0 Å². The van der Waals surface area contributed by atoms with Crippen molar-refractivity contribution >= 4 is 28.3 Å². The number of nitriles is 1. The Balaban J connectivity index is 2.03. The summed E-state index contributed by atoms with van der Waals surface area (Å²) in [6.45, 7) is 0.00813. The largest absolute Gasteiger partial charge is 0.495 e. The molecule has 3 aromatic rings. The zero-order valence-electron chi connectivity index (χ0n) is 16.5. The van der Waals surface area contributed by atoms with Gasteiger partial charge in [-0.05, 0) is 23.8 Å². The second-order valence-electron chi connectivity index (χ2n) is 6.53. The Morgan fingerprint density at radius 3 is 2.67 bits per heavy atom. The van der Waals surface area contributed by atoms with Crippen LogP contribution in [0.2, 0.25) is 5.02 Å². The molecule has 0 saturated heterocycles. The van der Waals surface area contributed by atoms with Gasteiger partial charge in [0.2, 0.25) is 0 Å². The normalized spacial score (nSPS) is 11.7. The molecule has 1 heterocycles. The average molecular weight is 429 g/mol. The smallest absolute Gasteiger partial charge is 0.142 e. The van der Waals surface area contributed by atoms with Crippen molar-refractivity contribution in [3.63, 3.8) is 0 Å². The van der Waals surface area contributed by atoms with E-state index >= 15 is 0 Å². The molecule has 0 radical (unpaired) electrons. The number of aliphatic hydroxyl groups excluding tert-OH is 2. The molecule has 0 spiro atoms. The van der Waals surface area contributed by atoms with Crippen LogP contribution in [0.15, 0.2) is 30.6 Å². The van der Waals surface area contributed by atoms with Crippen LogP contribution in [0.5, 0.6) is 11.5 Å². The van der Waals surface area contributed by atoms with Crippen LogP contribution in [0.25, 0.3) is 10.9 Å². The summed E-state index contributed by atoms with van der Waals surface area (Å²) in [5, 5.41) is 33.2. The first-order valence-electron chi connectivity index (χ1n) is 9.12. The van der Waals surface area contributed by atoms with E-state index in [1.165, 1.54) is 13.4 Å². The van der Waals surface area contributed by atoms with Gasteiger partial charge in [0.15, 0.2) is 0 Å². The molecule has 1 aromatic heterocycles. The molecular weight excluding hydrogens is 408 g/mol. The Kier molecular flexibility index (Phi) is 6.90. The summed E-state index contributed by atoms with van der Waals surface area (Å²) in [7, 11) is 3.00. The number of nitrogens with zero attached hydrogens (tertiary/aromatic N) is 3. The van der Waals surface area contributed by atoms with Crippen LogP contribution in [0.1, 0.15) is 16.7 Å². The number of nitrogens with one attached hydrogen (secondary N) is 1. The lowest BCUT2D eigenvalue weighted by Crippen LogP contribution is -2.17. The topological polar surface area (TPSA) is 121 Å². The molecule has 0 saturated carbocycles. The Morgan fingerprint density at radius 1 is 1.23 bits per heavy atom. The fourth-order valence-corrected chi connectivity index (χ4v) is 3.49. The molecule has 0 aliphatic carbocycles. The van der Waals surface area contributed by atoms with E-state index in [1.807, 2.05) is 6.07 Å². The van der Waals surface area contributed by atoms with Gasteiger partial charge in [0.25, 0.3) is 0 Å². The molecular formula is C21H21ClN4O4. The van der Waals surface area contributed by atoms with Gasteiger partial charge in [0, 0.05) is 23.9 Å². The summed E-state index contributed by atoms with van der Waals surface area (Å²) in [4.78, 5) is 8.64. The van der Waals surface area contributed by atoms with E-state index in [0.717, 1.165) is 5.56 Å². The zero-order chi connectivity index (χ0) is 21.7. The van der Waals surface area contributed by atoms with E-state index in [9.17, 15) is 15.5 Å². The number of anilines is 1. The van der Waals surface area contributed by atoms with Crippen LogP contribution in [-0.4, -0.2) is 47.1 Å². The molecule has 0 aliphatic heterocycles. The molecule has 156 valence electrons. The van der Waals surface area contributed by atoms with Gasteiger partial charge < -0.3 is 25.0 Å². The lowest BCUT2D eigenvalue weighted by molar-refractivity contribution is 0.0952. The molecule has 0 amide bonds. The van der Waals surface area contributed by atoms with Gasteiger partial charge in [-0.2, -0.15) is 5.26 Å². The van der Waals surface area contributed by atoms with E-state index in [4.69, 9.17) is 21.1 Å². The van der Waals surface area contributed by atoms with E-state index < -0.39 is 12.7 Å². The highest BCUT2D eigenvalue weighted by molar-refractivity contribution is 6.32. The van der Waals surface area contributed by atoms with Crippen LogP contribution >= 0.6 is 11.6 Å². The van der Waals surface area contributed by atoms with Gasteiger partial charge in [0.05, 0.1) is 43.0 Å². The van der Waals surface area contributed by atoms with Crippen molar-refractivity contribution in [3.05, 3.63) is 52.3 Å². The summed E-state index contributed by atoms with van der Waals surface area (Å²) in [5.74, 6) is 1.43. The highest BCUT2D eigenvalue weighted by Gasteiger charge is 2.20. The predicted octanol–water partition coefficient (Wildman–Crippen LogP) is 2.68. The number of aromatic nitrogens is 2. The number of rotatable bonds is 8. The Bertz CT molecular complexity index is 1100. The Morgan fingerprint density at radius 2 is 2.03 bits per heavy atom. The number of benzene rings is 2. The number of aliphatic hydroxyl groups is 2. The minimum absolute atomic E-state index is 0.0796. The fourth-order valence-electron chi connectivity index (χ4n) is 3.21. The predicted molar refractivity (Wildman–Crippen MR) is 113 cm³/mol. The lowest BCUT2D eigenvalue weighted by atomic mass is 9.99. The molecule has 1 atom stereocenters. The van der Waals surface area contributed by atoms with Crippen molar-refractivity contribution in [2.45, 2.75) is 19.1 Å². The monoisotopic (exact) mass is 428 g/mol. The minimum Gasteiger partial charge on any atom is -0.495 e. The molecule has 1 unspecified atom stereocenters. The Labute approximate surface area is 178 Å². The first-order chi connectivity index (χ1) is 14.5. The van der Waals surface area contributed by atoms with E-state index in [1.54, 1.807) is 25.3 Å². The molecule has 0 fully saturated rings. The maximum Gasteiger partial charge on any atom is 0.142 e. The standard InChI is InChI=1S/C21H21ClN4O4/c1-29-18-4-3-12(5-17(18)22)9-24-21-16-6-13(8-23)20(30-2)15(7-14(28)10-27)19(16)25-11-26-21/h3-6,11,14,27-28H,7,9-10H2,1-2H3,(H,24,25,26). The third-order valence-electron chi connectivity index (χ3n) is 4.63. The van der Waals surface area contributed by atoms with Gasteiger partial charge in [-0.25, -0.2) is 9.97 Å². The van der Waals surface area contributed by atoms with Gasteiger partial charge in [0.1, 0.15) is 29.7 Å². The number of hydrogen-bond acceptors (Lipinski definition) is 8. The first kappa shape index (κ1) is 21.6. The maximum absolute atomic E-state index is 9.97. The van der Waals surface area contributed by atoms with Crippen LogP contribution in [-0.2, 0) is 13.0 Å². The summed E-state index contributed by atoms with van der Waals surface area (Å²) < 4.78 is 10.6. The number of hydrogen-bond donors (Lipinski definition) is 3. The SMILES string of the molecule is COc1ccc(CNc2ncnc3c(CC(O)CO)c(OC)c(C#N)cc23)cc1Cl. The van der Waals surface area contributed by atoms with E-state index in [0.29, 0.717) is 45.4 Å². The first-order valence-corrected chi connectivity index (χ1v) is 9.50. The van der Waals surface area contributed by atoms with Crippen LogP contribution in [0, 0.1) is 11.3 Å². The zero-order valence-corrected chi connectivity index (χ0v) is 17.3. The van der Waals surface area contributed by atoms with Crippen molar-refractivity contribution in [2.75, 3.05) is 26.1 Å². The minimum atomic E-state index is -1.01. The summed E-state index contributed by atoms with van der Waals surface area (Å²) in [6.07, 6.45) is 0.464. The van der Waals surface area contributed by atoms with E-state index in [2.05, 4.69) is 21.4 Å². The number of ether oxygens (including phenoxy) is 2. The Hall–Kier alpha value is -3.12. The van der Waals surface area contributed by atoms with Crippen LogP contribution in [0.4, 0.5) is 5.82 Å². The quantitative estimate of drug-likeness (QED) is 0.500. The van der Waals surface area contributed by atoms with E-state index in [-0.39, 0.29) is 12.0 Å². The van der Waals surface area contributed by atoms with Crippen molar-refractivity contribution in [1.82, 2.24) is 9.97 Å². The molecule has 9 heteroatoms. The molecule has 3 N–H and O–H groups in total. The lowest BCUT2D eigenvalue weighted by Gasteiger charge is -2.17. The summed E-state index contributed by atoms with van der Waals surface area (Å²) in [6, 6.07) is 9.21. The molecule has 30 heavy (non-hydrogen) atoms. The number of halogens is 1. The third-order valence-corrected chi connectivity index (χ3v) is 4.92. The molecule has 2 aromatic carbocycles. The van der Waals surface area contributed by atoms with Crippen molar-refractivity contribution < 1.29 is 19.7 Å². The second-order valence-corrected chi connectivity index (χ2v) is 6.94. The molecule has 0 aliphatic rings. The summed E-state index contributed by atoms with van der Waals surface area (Å²) in [5.41, 5.74) is 2.27. The average Bonchev–Trinajstić information content (AvgIpc) is 2.77. The third kappa shape index (κ3) is 4.39. The maximum atomic E-state index is 9.97. The highest BCUT2D eigenvalue weighted by Crippen LogP contribution is 2.34. The highest BCUT2D eigenvalue weighted by atomic mass is 35.5. The van der Waals surface area contributed by atoms with Gasteiger partial charge in [-0.3, -0.25) is 0 Å². The van der Waals surface area contributed by atoms with Crippen molar-refractivity contribution in [3.8, 4) is 17.6 Å². The van der Waals surface area contributed by atoms with Crippen LogP contribution < -0.4 is 14.8 Å². The fraction of sp³-hybridized carbons (Fsp3) is 0.286. The molecule has 0 bridgehead atoms. The van der Waals surface area contributed by atoms with Gasteiger partial charge in [-0.1, -0.05) is 17.7 Å². The number of methoxy groups -OCH3 is 2. The van der Waals surface area contributed by atoms with Crippen molar-refractivity contribution in [1.29, 1.82) is 5.26 Å². The summed E-state index contributed by atoms with van der Waals surface area (Å²) >= 11 is 6.19. The van der Waals surface area contributed by atoms with Gasteiger partial charge >= 0.3 is 0 Å². The van der Waals surface area contributed by atoms with Crippen LogP contribution in [0.3, 0.4) is 0 Å².